The molecule has 9 heteroatoms. The normalized spacial score (nSPS) is 14.4. The maximum absolute atomic E-state index is 13.9. The Morgan fingerprint density at radius 3 is 1.92 bits per heavy atom. The highest BCUT2D eigenvalue weighted by Crippen LogP contribution is 2.22. The predicted octanol–water partition coefficient (Wildman–Crippen LogP) is 3.41. The van der Waals surface area contributed by atoms with Crippen LogP contribution in [0.1, 0.15) is 37.8 Å². The molecule has 194 valence electrons. The van der Waals surface area contributed by atoms with E-state index in [0.717, 1.165) is 0 Å². The number of halogens is 2. The van der Waals surface area contributed by atoms with Gasteiger partial charge in [-0.2, -0.15) is 0 Å². The number of aliphatic carboxylic acids is 1. The number of hydrogen-bond donors (Lipinski definition) is 3. The molecule has 3 N–H and O–H groups in total. The van der Waals surface area contributed by atoms with Gasteiger partial charge in [0.1, 0.15) is 6.04 Å². The van der Waals surface area contributed by atoms with Crippen LogP contribution < -0.4 is 10.6 Å². The molecule has 0 spiro atoms. The monoisotopic (exact) mass is 502 g/mol. The minimum Gasteiger partial charge on any atom is -0.480 e. The van der Waals surface area contributed by atoms with Gasteiger partial charge in [0.2, 0.25) is 18.2 Å². The number of hydrogen-bond acceptors (Lipinski definition) is 4. The van der Waals surface area contributed by atoms with Crippen LogP contribution in [0.2, 0.25) is 0 Å². The highest BCUT2D eigenvalue weighted by atomic mass is 19.3. The molecule has 0 radical (unpaired) electrons. The highest BCUT2D eigenvalue weighted by Gasteiger charge is 2.38. The second kappa shape index (κ2) is 14.1. The maximum atomic E-state index is 13.9. The van der Waals surface area contributed by atoms with Crippen molar-refractivity contribution in [1.29, 1.82) is 0 Å². The zero-order valence-electron chi connectivity index (χ0n) is 20.3. The number of Topliss-reactive ketones (excluding diaryl/α,β-unsaturated/α-hetero) is 1. The number of carboxylic acids is 1. The van der Waals surface area contributed by atoms with E-state index in [1.807, 2.05) is 0 Å². The molecule has 0 aliphatic heterocycles. The Morgan fingerprint density at radius 2 is 1.42 bits per heavy atom. The number of carbonyl (C=O) groups excluding carboxylic acids is 3. The van der Waals surface area contributed by atoms with Crippen LogP contribution in [-0.4, -0.2) is 47.2 Å². The number of benzene rings is 2. The first-order valence-electron chi connectivity index (χ1n) is 11.8. The van der Waals surface area contributed by atoms with E-state index >= 15 is 0 Å². The number of carbonyl (C=O) groups is 4. The van der Waals surface area contributed by atoms with Gasteiger partial charge in [-0.25, -0.2) is 13.6 Å². The molecule has 2 aromatic carbocycles. The molecule has 7 nitrogen and oxygen atoms in total. The van der Waals surface area contributed by atoms with Gasteiger partial charge < -0.3 is 15.7 Å². The molecule has 0 heterocycles. The fraction of sp³-hybridized carbons (Fsp3) is 0.407. The average molecular weight is 503 g/mol. The van der Waals surface area contributed by atoms with Gasteiger partial charge in [0, 0.05) is 12.8 Å². The van der Waals surface area contributed by atoms with Crippen LogP contribution in [0.15, 0.2) is 60.7 Å². The summed E-state index contributed by atoms with van der Waals surface area (Å²) in [5.74, 6) is -6.19. The summed E-state index contributed by atoms with van der Waals surface area (Å²) in [5, 5.41) is 14.3. The van der Waals surface area contributed by atoms with Crippen molar-refractivity contribution in [2.24, 2.45) is 11.8 Å². The van der Waals surface area contributed by atoms with Gasteiger partial charge in [-0.1, -0.05) is 80.9 Å². The third kappa shape index (κ3) is 8.87. The molecule has 0 bridgehead atoms. The topological polar surface area (TPSA) is 113 Å². The van der Waals surface area contributed by atoms with E-state index in [2.05, 4.69) is 10.6 Å². The van der Waals surface area contributed by atoms with Crippen molar-refractivity contribution >= 4 is 23.6 Å². The Balaban J connectivity index is 2.11. The molecule has 0 aliphatic rings. The quantitative estimate of drug-likeness (QED) is 0.367. The van der Waals surface area contributed by atoms with E-state index in [9.17, 15) is 33.1 Å². The molecule has 36 heavy (non-hydrogen) atoms. The number of alkyl halides is 2. The third-order valence-electron chi connectivity index (χ3n) is 6.03. The molecule has 0 aromatic heterocycles. The van der Waals surface area contributed by atoms with Crippen LogP contribution >= 0.6 is 0 Å². The molecule has 4 atom stereocenters. The van der Waals surface area contributed by atoms with Crippen molar-refractivity contribution in [3.8, 4) is 0 Å². The molecular weight excluding hydrogens is 470 g/mol. The van der Waals surface area contributed by atoms with Crippen LogP contribution in [0, 0.1) is 11.8 Å². The molecular formula is C27H32F2N2O5. The molecule has 0 saturated heterocycles. The van der Waals surface area contributed by atoms with E-state index in [0.29, 0.717) is 17.5 Å². The van der Waals surface area contributed by atoms with Crippen molar-refractivity contribution in [2.75, 3.05) is 0 Å². The van der Waals surface area contributed by atoms with E-state index < -0.39 is 60.3 Å². The summed E-state index contributed by atoms with van der Waals surface area (Å²) in [4.78, 5) is 49.9. The van der Waals surface area contributed by atoms with Crippen molar-refractivity contribution < 1.29 is 33.1 Å². The Kier molecular flexibility index (Phi) is 11.2. The average Bonchev–Trinajstić information content (AvgIpc) is 2.85. The highest BCUT2D eigenvalue weighted by molar-refractivity contribution is 5.94. The summed E-state index contributed by atoms with van der Waals surface area (Å²) in [5.41, 5.74) is 1.35. The molecule has 2 aromatic rings. The lowest BCUT2D eigenvalue weighted by atomic mass is 9.86. The lowest BCUT2D eigenvalue weighted by Crippen LogP contribution is -2.50. The fourth-order valence-electron chi connectivity index (χ4n) is 3.78. The Bertz CT molecular complexity index is 1020. The van der Waals surface area contributed by atoms with Crippen molar-refractivity contribution in [3.63, 3.8) is 0 Å². The van der Waals surface area contributed by atoms with Crippen molar-refractivity contribution in [2.45, 2.75) is 58.0 Å². The van der Waals surface area contributed by atoms with Crippen LogP contribution in [-0.2, 0) is 32.0 Å². The number of rotatable bonds is 14. The first kappa shape index (κ1) is 28.6. The number of amides is 2. The second-order valence-corrected chi connectivity index (χ2v) is 8.79. The number of ketones is 1. The van der Waals surface area contributed by atoms with Crippen molar-refractivity contribution in [1.82, 2.24) is 10.6 Å². The molecule has 2 amide bonds. The van der Waals surface area contributed by atoms with Gasteiger partial charge in [-0.3, -0.25) is 14.4 Å². The lowest BCUT2D eigenvalue weighted by molar-refractivity contribution is -0.143. The van der Waals surface area contributed by atoms with Gasteiger partial charge in [-0.05, 0) is 17.0 Å². The third-order valence-corrected chi connectivity index (χ3v) is 6.03. The first-order chi connectivity index (χ1) is 17.1. The van der Waals surface area contributed by atoms with Gasteiger partial charge in [0.15, 0.2) is 5.78 Å². The summed E-state index contributed by atoms with van der Waals surface area (Å²) in [6.45, 7) is 3.42. The van der Waals surface area contributed by atoms with Gasteiger partial charge in [0.25, 0.3) is 0 Å². The number of carboxylic acid groups (broad SMARTS) is 1. The Hall–Kier alpha value is -3.62. The van der Waals surface area contributed by atoms with E-state index in [-0.39, 0.29) is 12.8 Å². The van der Waals surface area contributed by atoms with E-state index in [1.54, 1.807) is 74.5 Å². The SMILES string of the molecule is CC[C@H](C)[C@H](NC(=O)Cc1ccccc1)C(=O)C(CC(=O)N[C@@H](Cc1ccccc1)C(=O)O)C(F)F. The summed E-state index contributed by atoms with van der Waals surface area (Å²) >= 11 is 0. The predicted molar refractivity (Wildman–Crippen MR) is 130 cm³/mol. The Labute approximate surface area is 209 Å². The van der Waals surface area contributed by atoms with Crippen LogP contribution in [0.3, 0.4) is 0 Å². The summed E-state index contributed by atoms with van der Waals surface area (Å²) in [7, 11) is 0. The number of nitrogens with one attached hydrogen (secondary N) is 2. The van der Waals surface area contributed by atoms with Gasteiger partial charge in [0.05, 0.1) is 18.4 Å². The van der Waals surface area contributed by atoms with Gasteiger partial charge >= 0.3 is 5.97 Å². The summed E-state index contributed by atoms with van der Waals surface area (Å²) < 4.78 is 27.9. The van der Waals surface area contributed by atoms with Crippen LogP contribution in [0.25, 0.3) is 0 Å². The zero-order valence-corrected chi connectivity index (χ0v) is 20.3. The molecule has 2 rings (SSSR count). The van der Waals surface area contributed by atoms with E-state index in [1.165, 1.54) is 0 Å². The van der Waals surface area contributed by atoms with E-state index in [4.69, 9.17) is 0 Å². The second-order valence-electron chi connectivity index (χ2n) is 8.79. The molecule has 0 saturated carbocycles. The summed E-state index contributed by atoms with van der Waals surface area (Å²) in [6, 6.07) is 14.8. The molecule has 0 fully saturated rings. The minimum absolute atomic E-state index is 0.0271. The van der Waals surface area contributed by atoms with Crippen molar-refractivity contribution in [3.05, 3.63) is 71.8 Å². The van der Waals surface area contributed by atoms with Crippen LogP contribution in [0.5, 0.6) is 0 Å². The minimum atomic E-state index is -3.17. The van der Waals surface area contributed by atoms with Crippen LogP contribution in [0.4, 0.5) is 8.78 Å². The largest absolute Gasteiger partial charge is 0.480 e. The zero-order chi connectivity index (χ0) is 26.7. The molecule has 1 unspecified atom stereocenters. The maximum Gasteiger partial charge on any atom is 0.326 e. The first-order valence-corrected chi connectivity index (χ1v) is 11.8. The van der Waals surface area contributed by atoms with Gasteiger partial charge in [-0.15, -0.1) is 0 Å². The Morgan fingerprint density at radius 1 is 0.861 bits per heavy atom. The fourth-order valence-corrected chi connectivity index (χ4v) is 3.78. The summed E-state index contributed by atoms with van der Waals surface area (Å²) in [6.07, 6.45) is -3.70. The lowest BCUT2D eigenvalue weighted by Gasteiger charge is -2.27. The standard InChI is InChI=1S/C27H32F2N2O5/c1-3-17(2)24(31-22(32)15-19-12-8-5-9-13-19)25(34)20(26(28)29)16-23(33)30-21(27(35)36)14-18-10-6-4-7-11-18/h4-13,17,20-21,24,26H,3,14-16H2,1-2H3,(H,30,33)(H,31,32)(H,35,36)/t17-,20?,21-,24-/m0/s1. The molecule has 0 aliphatic carbocycles. The smallest absolute Gasteiger partial charge is 0.326 e.